The number of nitrogens with zero attached hydrogens (tertiary/aromatic N) is 3. The van der Waals surface area contributed by atoms with E-state index in [-0.39, 0.29) is 0 Å². The lowest BCUT2D eigenvalue weighted by Crippen LogP contribution is -2.07. The first-order valence-corrected chi connectivity index (χ1v) is 6.26. The zero-order valence-electron chi connectivity index (χ0n) is 10.2. The van der Waals surface area contributed by atoms with Crippen LogP contribution in [0.4, 0.5) is 11.9 Å². The third kappa shape index (κ3) is 2.92. The van der Waals surface area contributed by atoms with Crippen LogP contribution in [0.25, 0.3) is 0 Å². The molecular weight excluding hydrogens is 250 g/mol. The zero-order valence-corrected chi connectivity index (χ0v) is 11.0. The summed E-state index contributed by atoms with van der Waals surface area (Å²) in [5.41, 5.74) is 6.79. The highest BCUT2D eigenvalue weighted by Crippen LogP contribution is 2.17. The molecule has 2 aromatic rings. The van der Waals surface area contributed by atoms with Gasteiger partial charge in [0.05, 0.1) is 6.54 Å². The van der Waals surface area contributed by atoms with Crippen LogP contribution in [0.15, 0.2) is 24.3 Å². The Morgan fingerprint density at radius 1 is 1.39 bits per heavy atom. The minimum Gasteiger partial charge on any atom is -0.368 e. The molecule has 0 atom stereocenters. The van der Waals surface area contributed by atoms with Crippen molar-refractivity contribution >= 4 is 23.5 Å². The highest BCUT2D eigenvalue weighted by Gasteiger charge is 2.08. The predicted octanol–water partition coefficient (Wildman–Crippen LogP) is 2.38. The summed E-state index contributed by atoms with van der Waals surface area (Å²) in [5, 5.41) is 8.10. The largest absolute Gasteiger partial charge is 0.368 e. The molecule has 2 rings (SSSR count). The van der Waals surface area contributed by atoms with Gasteiger partial charge < -0.3 is 11.1 Å². The molecule has 0 saturated carbocycles. The maximum Gasteiger partial charge on any atom is 0.243 e. The van der Waals surface area contributed by atoms with Crippen LogP contribution in [-0.2, 0) is 6.54 Å². The minimum absolute atomic E-state index is 0.383. The van der Waals surface area contributed by atoms with E-state index in [9.17, 15) is 0 Å². The first kappa shape index (κ1) is 12.7. The van der Waals surface area contributed by atoms with Crippen molar-refractivity contribution in [2.75, 3.05) is 17.6 Å². The van der Waals surface area contributed by atoms with E-state index in [1.165, 1.54) is 0 Å². The Hall–Kier alpha value is -1.75. The van der Waals surface area contributed by atoms with E-state index in [1.807, 2.05) is 24.3 Å². The van der Waals surface area contributed by atoms with Crippen molar-refractivity contribution in [3.8, 4) is 0 Å². The number of nitrogens with two attached hydrogens (primary N) is 1. The lowest BCUT2D eigenvalue weighted by Gasteiger charge is -2.04. The Morgan fingerprint density at radius 3 is 2.89 bits per heavy atom. The van der Waals surface area contributed by atoms with Gasteiger partial charge in [-0.15, -0.1) is 5.10 Å². The van der Waals surface area contributed by atoms with Crippen LogP contribution in [0.2, 0.25) is 5.02 Å². The molecule has 6 heteroatoms. The van der Waals surface area contributed by atoms with Crippen molar-refractivity contribution in [3.63, 3.8) is 0 Å². The molecule has 18 heavy (non-hydrogen) atoms. The number of anilines is 2. The number of rotatable bonds is 5. The summed E-state index contributed by atoms with van der Waals surface area (Å²) in [5.74, 6) is 0.940. The third-order valence-electron chi connectivity index (χ3n) is 2.51. The van der Waals surface area contributed by atoms with Gasteiger partial charge in [0.1, 0.15) is 0 Å². The number of nitrogens with one attached hydrogen (secondary N) is 1. The van der Waals surface area contributed by atoms with Crippen LogP contribution in [0.3, 0.4) is 0 Å². The van der Waals surface area contributed by atoms with Gasteiger partial charge in [-0.05, 0) is 18.1 Å². The first-order valence-electron chi connectivity index (χ1n) is 5.88. The summed E-state index contributed by atoms with van der Waals surface area (Å²) in [6.07, 6.45) is 1.01. The SMILES string of the molecule is CCCNc1nc(N)n(Cc2ccccc2Cl)n1. The topological polar surface area (TPSA) is 68.8 Å². The van der Waals surface area contributed by atoms with Crippen LogP contribution in [0, 0.1) is 0 Å². The zero-order chi connectivity index (χ0) is 13.0. The normalized spacial score (nSPS) is 10.6. The second-order valence-electron chi connectivity index (χ2n) is 3.97. The number of halogens is 1. The maximum absolute atomic E-state index is 6.10. The van der Waals surface area contributed by atoms with Gasteiger partial charge in [-0.1, -0.05) is 36.7 Å². The molecule has 0 aliphatic heterocycles. The summed E-state index contributed by atoms with van der Waals surface area (Å²) in [6, 6.07) is 7.62. The van der Waals surface area contributed by atoms with Crippen molar-refractivity contribution in [1.29, 1.82) is 0 Å². The number of hydrogen-bond donors (Lipinski definition) is 2. The van der Waals surface area contributed by atoms with Crippen LogP contribution in [-0.4, -0.2) is 21.3 Å². The number of hydrogen-bond acceptors (Lipinski definition) is 4. The van der Waals surface area contributed by atoms with Gasteiger partial charge in [-0.3, -0.25) is 0 Å². The van der Waals surface area contributed by atoms with E-state index in [0.29, 0.717) is 23.5 Å². The Bertz CT molecular complexity index is 523. The molecular formula is C12H16ClN5. The van der Waals surface area contributed by atoms with E-state index in [2.05, 4.69) is 22.3 Å². The molecule has 3 N–H and O–H groups in total. The molecule has 0 bridgehead atoms. The van der Waals surface area contributed by atoms with Gasteiger partial charge in [-0.2, -0.15) is 4.98 Å². The predicted molar refractivity (Wildman–Crippen MR) is 73.8 cm³/mol. The summed E-state index contributed by atoms with van der Waals surface area (Å²) in [7, 11) is 0. The van der Waals surface area contributed by atoms with Crippen LogP contribution < -0.4 is 11.1 Å². The van der Waals surface area contributed by atoms with Gasteiger partial charge in [0, 0.05) is 11.6 Å². The lowest BCUT2D eigenvalue weighted by molar-refractivity contribution is 0.697. The molecule has 0 radical (unpaired) electrons. The average Bonchev–Trinajstić information content (AvgIpc) is 2.70. The summed E-state index contributed by atoms with van der Waals surface area (Å²) >= 11 is 6.10. The van der Waals surface area contributed by atoms with E-state index in [1.54, 1.807) is 4.68 Å². The first-order chi connectivity index (χ1) is 8.70. The van der Waals surface area contributed by atoms with Crippen molar-refractivity contribution in [2.45, 2.75) is 19.9 Å². The quantitative estimate of drug-likeness (QED) is 0.871. The van der Waals surface area contributed by atoms with Crippen LogP contribution in [0.1, 0.15) is 18.9 Å². The standard InChI is InChI=1S/C12H16ClN5/c1-2-7-15-12-16-11(14)18(17-12)8-9-5-3-4-6-10(9)13/h3-6H,2,7-8H2,1H3,(H3,14,15,16,17). The van der Waals surface area contributed by atoms with E-state index in [4.69, 9.17) is 17.3 Å². The highest BCUT2D eigenvalue weighted by molar-refractivity contribution is 6.31. The van der Waals surface area contributed by atoms with Crippen LogP contribution >= 0.6 is 11.6 Å². The van der Waals surface area contributed by atoms with E-state index in [0.717, 1.165) is 18.5 Å². The van der Waals surface area contributed by atoms with Gasteiger partial charge in [0.25, 0.3) is 0 Å². The molecule has 1 aromatic heterocycles. The second-order valence-corrected chi connectivity index (χ2v) is 4.38. The Balaban J connectivity index is 2.14. The van der Waals surface area contributed by atoms with Crippen molar-refractivity contribution in [3.05, 3.63) is 34.9 Å². The summed E-state index contributed by atoms with van der Waals surface area (Å²) in [6.45, 7) is 3.43. The number of nitrogen functional groups attached to an aromatic ring is 1. The maximum atomic E-state index is 6.10. The number of benzene rings is 1. The molecule has 0 saturated heterocycles. The minimum atomic E-state index is 0.383. The third-order valence-corrected chi connectivity index (χ3v) is 2.88. The fourth-order valence-electron chi connectivity index (χ4n) is 1.57. The molecule has 0 aliphatic rings. The number of aromatic nitrogens is 3. The fourth-order valence-corrected chi connectivity index (χ4v) is 1.77. The lowest BCUT2D eigenvalue weighted by atomic mass is 10.2. The van der Waals surface area contributed by atoms with Gasteiger partial charge in [0.15, 0.2) is 0 Å². The second kappa shape index (κ2) is 5.73. The Morgan fingerprint density at radius 2 is 2.17 bits per heavy atom. The van der Waals surface area contributed by atoms with Crippen LogP contribution in [0.5, 0.6) is 0 Å². The molecule has 0 amide bonds. The molecule has 0 spiro atoms. The average molecular weight is 266 g/mol. The summed E-state index contributed by atoms with van der Waals surface area (Å²) in [4.78, 5) is 4.15. The molecule has 0 aliphatic carbocycles. The smallest absolute Gasteiger partial charge is 0.243 e. The highest BCUT2D eigenvalue weighted by atomic mass is 35.5. The van der Waals surface area contributed by atoms with Gasteiger partial charge in [-0.25, -0.2) is 4.68 Å². The van der Waals surface area contributed by atoms with Gasteiger partial charge in [0.2, 0.25) is 11.9 Å². The van der Waals surface area contributed by atoms with Gasteiger partial charge >= 0.3 is 0 Å². The van der Waals surface area contributed by atoms with Crippen molar-refractivity contribution < 1.29 is 0 Å². The molecule has 0 fully saturated rings. The van der Waals surface area contributed by atoms with E-state index < -0.39 is 0 Å². The molecule has 5 nitrogen and oxygen atoms in total. The molecule has 1 aromatic carbocycles. The fraction of sp³-hybridized carbons (Fsp3) is 0.333. The van der Waals surface area contributed by atoms with Crippen molar-refractivity contribution in [1.82, 2.24) is 14.8 Å². The van der Waals surface area contributed by atoms with Crippen molar-refractivity contribution in [2.24, 2.45) is 0 Å². The van der Waals surface area contributed by atoms with E-state index >= 15 is 0 Å². The Labute approximate surface area is 111 Å². The summed E-state index contributed by atoms with van der Waals surface area (Å²) < 4.78 is 1.64. The molecule has 1 heterocycles. The Kier molecular flexibility index (Phi) is 4.04. The molecule has 96 valence electrons. The monoisotopic (exact) mass is 265 g/mol. The molecule has 0 unspecified atom stereocenters.